The van der Waals surface area contributed by atoms with Crippen LogP contribution in [0.1, 0.15) is 39.2 Å². The standard InChI is InChI=1S/C18H25NO3/c1-5-11-18(15-9-7-6-8-10-15)12-13-19(16(20)22-18)14(2)17(3,4)21/h5-10,14,21H,1,11-13H2,2-4H3/t14-,18?/m0/s1. The molecule has 120 valence electrons. The third kappa shape index (κ3) is 3.17. The van der Waals surface area contributed by atoms with Gasteiger partial charge >= 0.3 is 6.09 Å². The number of cyclic esters (lactones) is 1. The van der Waals surface area contributed by atoms with E-state index in [1.54, 1.807) is 24.8 Å². The van der Waals surface area contributed by atoms with Crippen LogP contribution in [0.25, 0.3) is 0 Å². The molecular formula is C18H25NO3. The Morgan fingerprint density at radius 3 is 2.59 bits per heavy atom. The lowest BCUT2D eigenvalue weighted by Crippen LogP contribution is -2.56. The van der Waals surface area contributed by atoms with Gasteiger partial charge in [-0.1, -0.05) is 36.4 Å². The zero-order valence-electron chi connectivity index (χ0n) is 13.6. The minimum absolute atomic E-state index is 0.308. The zero-order chi connectivity index (χ0) is 16.4. The second kappa shape index (κ2) is 6.13. The number of aliphatic hydroxyl groups is 1. The summed E-state index contributed by atoms with van der Waals surface area (Å²) < 4.78 is 5.83. The molecule has 0 radical (unpaired) electrons. The second-order valence-electron chi connectivity index (χ2n) is 6.49. The third-order valence-corrected chi connectivity index (χ3v) is 4.54. The average Bonchev–Trinajstić information content (AvgIpc) is 2.47. The Labute approximate surface area is 132 Å². The first-order valence-electron chi connectivity index (χ1n) is 7.68. The van der Waals surface area contributed by atoms with Gasteiger partial charge in [0.15, 0.2) is 0 Å². The van der Waals surface area contributed by atoms with Crippen molar-refractivity contribution in [3.8, 4) is 0 Å². The van der Waals surface area contributed by atoms with Gasteiger partial charge in [0.25, 0.3) is 0 Å². The van der Waals surface area contributed by atoms with Crippen molar-refractivity contribution in [1.82, 2.24) is 4.90 Å². The molecule has 0 spiro atoms. The molecule has 1 fully saturated rings. The molecular weight excluding hydrogens is 278 g/mol. The third-order valence-electron chi connectivity index (χ3n) is 4.54. The van der Waals surface area contributed by atoms with Crippen molar-refractivity contribution in [2.24, 2.45) is 0 Å². The summed E-state index contributed by atoms with van der Waals surface area (Å²) in [7, 11) is 0. The predicted octanol–water partition coefficient (Wildman–Crippen LogP) is 3.46. The quantitative estimate of drug-likeness (QED) is 0.848. The van der Waals surface area contributed by atoms with Crippen LogP contribution in [0, 0.1) is 0 Å². The van der Waals surface area contributed by atoms with E-state index in [0.717, 1.165) is 5.56 Å². The van der Waals surface area contributed by atoms with E-state index in [2.05, 4.69) is 6.58 Å². The molecule has 1 unspecified atom stereocenters. The van der Waals surface area contributed by atoms with Gasteiger partial charge < -0.3 is 14.7 Å². The van der Waals surface area contributed by atoms with Gasteiger partial charge in [0, 0.05) is 19.4 Å². The number of ether oxygens (including phenoxy) is 1. The molecule has 1 amide bonds. The van der Waals surface area contributed by atoms with E-state index in [-0.39, 0.29) is 12.1 Å². The van der Waals surface area contributed by atoms with Crippen molar-refractivity contribution in [1.29, 1.82) is 0 Å². The molecule has 22 heavy (non-hydrogen) atoms. The molecule has 1 saturated heterocycles. The Hall–Kier alpha value is -1.81. The van der Waals surface area contributed by atoms with Gasteiger partial charge in [-0.25, -0.2) is 4.79 Å². The lowest BCUT2D eigenvalue weighted by atomic mass is 9.85. The van der Waals surface area contributed by atoms with Gasteiger partial charge in [0.1, 0.15) is 5.60 Å². The lowest BCUT2D eigenvalue weighted by Gasteiger charge is -2.45. The number of hydrogen-bond donors (Lipinski definition) is 1. The monoisotopic (exact) mass is 303 g/mol. The second-order valence-corrected chi connectivity index (χ2v) is 6.49. The number of hydrogen-bond acceptors (Lipinski definition) is 3. The highest BCUT2D eigenvalue weighted by atomic mass is 16.6. The van der Waals surface area contributed by atoms with Gasteiger partial charge in [-0.05, 0) is 26.3 Å². The molecule has 0 bridgehead atoms. The minimum Gasteiger partial charge on any atom is -0.437 e. The van der Waals surface area contributed by atoms with Crippen LogP contribution in [0.2, 0.25) is 0 Å². The van der Waals surface area contributed by atoms with Crippen LogP contribution >= 0.6 is 0 Å². The van der Waals surface area contributed by atoms with Crippen molar-refractivity contribution in [3.63, 3.8) is 0 Å². The molecule has 1 aliphatic rings. The summed E-state index contributed by atoms with van der Waals surface area (Å²) in [6, 6.07) is 9.48. The van der Waals surface area contributed by atoms with Gasteiger partial charge in [-0.2, -0.15) is 0 Å². The lowest BCUT2D eigenvalue weighted by molar-refractivity contribution is -0.0845. The summed E-state index contributed by atoms with van der Waals surface area (Å²) >= 11 is 0. The van der Waals surface area contributed by atoms with Crippen molar-refractivity contribution in [2.45, 2.75) is 50.9 Å². The highest BCUT2D eigenvalue weighted by Crippen LogP contribution is 2.38. The fraction of sp³-hybridized carbons (Fsp3) is 0.500. The molecule has 4 heteroatoms. The highest BCUT2D eigenvalue weighted by Gasteiger charge is 2.44. The Balaban J connectivity index is 2.25. The first-order chi connectivity index (χ1) is 10.3. The van der Waals surface area contributed by atoms with Gasteiger partial charge in [0.05, 0.1) is 11.6 Å². The fourth-order valence-corrected chi connectivity index (χ4v) is 2.84. The van der Waals surface area contributed by atoms with E-state index in [4.69, 9.17) is 4.74 Å². The number of amides is 1. The molecule has 1 aromatic rings. The summed E-state index contributed by atoms with van der Waals surface area (Å²) in [4.78, 5) is 14.1. The number of carbonyl (C=O) groups excluding carboxylic acids is 1. The van der Waals surface area contributed by atoms with Crippen LogP contribution in [0.4, 0.5) is 4.79 Å². The number of carbonyl (C=O) groups is 1. The maximum atomic E-state index is 12.5. The molecule has 1 heterocycles. The number of benzene rings is 1. The Morgan fingerprint density at radius 1 is 1.45 bits per heavy atom. The van der Waals surface area contributed by atoms with E-state index in [1.165, 1.54) is 0 Å². The summed E-state index contributed by atoms with van der Waals surface area (Å²) in [5, 5.41) is 10.1. The molecule has 2 atom stereocenters. The van der Waals surface area contributed by atoms with Crippen LogP contribution in [0.5, 0.6) is 0 Å². The number of rotatable bonds is 5. The van der Waals surface area contributed by atoms with E-state index in [0.29, 0.717) is 19.4 Å². The van der Waals surface area contributed by atoms with E-state index >= 15 is 0 Å². The molecule has 0 saturated carbocycles. The smallest absolute Gasteiger partial charge is 0.411 e. The van der Waals surface area contributed by atoms with Crippen LogP contribution in [0.3, 0.4) is 0 Å². The maximum absolute atomic E-state index is 12.5. The molecule has 1 N–H and O–H groups in total. The normalized spacial score (nSPS) is 23.8. The highest BCUT2D eigenvalue weighted by molar-refractivity contribution is 5.70. The summed E-state index contributed by atoms with van der Waals surface area (Å²) in [6.07, 6.45) is 2.66. The van der Waals surface area contributed by atoms with Crippen LogP contribution < -0.4 is 0 Å². The molecule has 1 aromatic carbocycles. The topological polar surface area (TPSA) is 49.8 Å². The molecule has 1 aliphatic heterocycles. The van der Waals surface area contributed by atoms with Crippen molar-refractivity contribution in [2.75, 3.05) is 6.54 Å². The molecule has 2 rings (SSSR count). The summed E-state index contributed by atoms with van der Waals surface area (Å²) in [5.74, 6) is 0. The first kappa shape index (κ1) is 16.6. The van der Waals surface area contributed by atoms with Crippen molar-refractivity contribution < 1.29 is 14.6 Å². The average molecular weight is 303 g/mol. The molecule has 0 aromatic heterocycles. The van der Waals surface area contributed by atoms with Crippen LogP contribution in [-0.2, 0) is 10.3 Å². The largest absolute Gasteiger partial charge is 0.437 e. The minimum atomic E-state index is -0.968. The summed E-state index contributed by atoms with van der Waals surface area (Å²) in [5.41, 5.74) is -0.640. The Bertz CT molecular complexity index is 535. The molecule has 4 nitrogen and oxygen atoms in total. The van der Waals surface area contributed by atoms with Crippen molar-refractivity contribution >= 4 is 6.09 Å². The van der Waals surface area contributed by atoms with Crippen LogP contribution in [-0.4, -0.2) is 34.3 Å². The SMILES string of the molecule is C=CCC1(c2ccccc2)CCN([C@@H](C)C(C)(C)O)C(=O)O1. The summed E-state index contributed by atoms with van der Waals surface area (Å²) in [6.45, 7) is 9.59. The maximum Gasteiger partial charge on any atom is 0.411 e. The Morgan fingerprint density at radius 2 is 2.09 bits per heavy atom. The zero-order valence-corrected chi connectivity index (χ0v) is 13.6. The van der Waals surface area contributed by atoms with E-state index < -0.39 is 11.2 Å². The van der Waals surface area contributed by atoms with Gasteiger partial charge in [0.2, 0.25) is 0 Å². The molecule has 0 aliphatic carbocycles. The van der Waals surface area contributed by atoms with Gasteiger partial charge in [-0.3, -0.25) is 0 Å². The van der Waals surface area contributed by atoms with E-state index in [1.807, 2.05) is 37.3 Å². The predicted molar refractivity (Wildman–Crippen MR) is 86.5 cm³/mol. The number of nitrogens with zero attached hydrogens (tertiary/aromatic N) is 1. The van der Waals surface area contributed by atoms with Gasteiger partial charge in [-0.15, -0.1) is 6.58 Å². The van der Waals surface area contributed by atoms with E-state index in [9.17, 15) is 9.90 Å². The van der Waals surface area contributed by atoms with Crippen molar-refractivity contribution in [3.05, 3.63) is 48.6 Å². The van der Waals surface area contributed by atoms with Crippen LogP contribution in [0.15, 0.2) is 43.0 Å². The first-order valence-corrected chi connectivity index (χ1v) is 7.68. The fourth-order valence-electron chi connectivity index (χ4n) is 2.84. The Kier molecular flexibility index (Phi) is 4.61.